The lowest BCUT2D eigenvalue weighted by molar-refractivity contribution is -0.122. The minimum atomic E-state index is -0.250. The number of aromatic nitrogens is 3. The van der Waals surface area contributed by atoms with Gasteiger partial charge in [0.2, 0.25) is 5.75 Å². The van der Waals surface area contributed by atoms with Crippen molar-refractivity contribution in [2.75, 3.05) is 54.1 Å². The van der Waals surface area contributed by atoms with Crippen molar-refractivity contribution < 1.29 is 47.4 Å². The second-order valence-electron chi connectivity index (χ2n) is 12.3. The van der Waals surface area contributed by atoms with Gasteiger partial charge in [-0.25, -0.2) is 4.98 Å². The molecule has 6 rings (SSSR count). The molecule has 53 heavy (non-hydrogen) atoms. The van der Waals surface area contributed by atoms with Crippen molar-refractivity contribution in [3.05, 3.63) is 71.1 Å². The molecule has 2 aromatic carbocycles. The first kappa shape index (κ1) is 38.2. The van der Waals surface area contributed by atoms with Crippen molar-refractivity contribution in [3.8, 4) is 34.4 Å². The van der Waals surface area contributed by atoms with Crippen LogP contribution in [0.2, 0.25) is 0 Å². The van der Waals surface area contributed by atoms with Gasteiger partial charge in [-0.3, -0.25) is 14.4 Å². The van der Waals surface area contributed by atoms with Crippen LogP contribution in [0.1, 0.15) is 57.2 Å². The number of hydrogen-bond acceptors (Lipinski definition) is 11. The number of imidazole rings is 1. The van der Waals surface area contributed by atoms with Gasteiger partial charge in [-0.2, -0.15) is 0 Å². The van der Waals surface area contributed by atoms with Crippen LogP contribution in [-0.4, -0.2) is 102 Å². The van der Waals surface area contributed by atoms with Crippen LogP contribution in [0.5, 0.6) is 23.0 Å². The summed E-state index contributed by atoms with van der Waals surface area (Å²) in [7, 11) is 4.71. The smallest absolute Gasteiger partial charge is 0.290 e. The lowest BCUT2D eigenvalue weighted by Gasteiger charge is -2.25. The second-order valence-corrected chi connectivity index (χ2v) is 12.3. The van der Waals surface area contributed by atoms with E-state index in [4.69, 9.17) is 37.8 Å². The first-order valence-electron chi connectivity index (χ1n) is 17.2. The maximum atomic E-state index is 14.3. The molecule has 5 aromatic rings. The van der Waals surface area contributed by atoms with Gasteiger partial charge in [-0.15, -0.1) is 0 Å². The summed E-state index contributed by atoms with van der Waals surface area (Å²) in [5.74, 6) is 3.23. The Kier molecular flexibility index (Phi) is 12.6. The molecular formula is C38H45N5O10. The van der Waals surface area contributed by atoms with Crippen LogP contribution in [0.3, 0.4) is 0 Å². The van der Waals surface area contributed by atoms with Crippen LogP contribution in [0.4, 0.5) is 0 Å². The Bertz CT molecular complexity index is 2030. The highest BCUT2D eigenvalue weighted by atomic mass is 16.5. The third-order valence-electron chi connectivity index (χ3n) is 9.15. The van der Waals surface area contributed by atoms with Crippen molar-refractivity contribution >= 4 is 29.3 Å². The van der Waals surface area contributed by atoms with E-state index in [0.29, 0.717) is 104 Å². The summed E-state index contributed by atoms with van der Waals surface area (Å²) >= 11 is 0. The van der Waals surface area contributed by atoms with Crippen LogP contribution >= 0.6 is 0 Å². The van der Waals surface area contributed by atoms with E-state index in [-0.39, 0.29) is 24.0 Å². The van der Waals surface area contributed by atoms with Gasteiger partial charge in [-0.1, -0.05) is 5.16 Å². The number of carbonyl (C=O) groups excluding carboxylic acids is 2. The summed E-state index contributed by atoms with van der Waals surface area (Å²) in [5.41, 5.74) is 3.06. The van der Waals surface area contributed by atoms with Crippen molar-refractivity contribution in [1.82, 2.24) is 24.5 Å². The highest BCUT2D eigenvalue weighted by molar-refractivity contribution is 6.01. The van der Waals surface area contributed by atoms with Crippen LogP contribution < -0.4 is 18.9 Å². The second kappa shape index (κ2) is 17.5. The zero-order chi connectivity index (χ0) is 38.1. The molecule has 0 saturated heterocycles. The molecule has 15 nitrogen and oxygen atoms in total. The van der Waals surface area contributed by atoms with Gasteiger partial charge in [-0.05, 0) is 70.4 Å². The van der Waals surface area contributed by atoms with Crippen molar-refractivity contribution in [1.29, 1.82) is 0 Å². The predicted molar refractivity (Wildman–Crippen MR) is 194 cm³/mol. The van der Waals surface area contributed by atoms with E-state index in [1.165, 1.54) is 0 Å². The van der Waals surface area contributed by atoms with E-state index < -0.39 is 0 Å². The molecule has 3 aromatic heterocycles. The summed E-state index contributed by atoms with van der Waals surface area (Å²) in [6.45, 7) is 7.77. The van der Waals surface area contributed by atoms with Crippen LogP contribution in [-0.2, 0) is 11.3 Å². The molecule has 1 aliphatic rings. The number of ether oxygens (including phenoxy) is 4. The predicted octanol–water partition coefficient (Wildman–Crippen LogP) is 5.78. The molecule has 0 spiro atoms. The Morgan fingerprint density at radius 3 is 2.21 bits per heavy atom. The molecule has 0 fully saturated rings. The summed E-state index contributed by atoms with van der Waals surface area (Å²) < 4.78 is 36.4. The number of carboxylic acid groups (broad SMARTS) is 1. The SMILES string of the molecule is COc1ccc2cc1OCCCN(C(=O)c1c(C)noc1C)CCCCN(C(=O)c1oc3c(OC)c(OC)ccc3c1C)CCn1ccnc1-2.O=CO. The Morgan fingerprint density at radius 2 is 1.55 bits per heavy atom. The van der Waals surface area contributed by atoms with E-state index in [9.17, 15) is 9.59 Å². The zero-order valence-electron chi connectivity index (χ0n) is 30.8. The molecule has 2 bridgehead atoms. The van der Waals surface area contributed by atoms with Gasteiger partial charge < -0.3 is 47.4 Å². The van der Waals surface area contributed by atoms with Gasteiger partial charge in [0.15, 0.2) is 28.6 Å². The van der Waals surface area contributed by atoms with E-state index in [1.54, 1.807) is 52.3 Å². The van der Waals surface area contributed by atoms with E-state index in [1.807, 2.05) is 46.9 Å². The highest BCUT2D eigenvalue weighted by Crippen LogP contribution is 2.39. The number of hydrogen-bond donors (Lipinski definition) is 1. The van der Waals surface area contributed by atoms with Crippen molar-refractivity contribution in [2.45, 2.75) is 46.6 Å². The van der Waals surface area contributed by atoms with E-state index in [2.05, 4.69) is 10.1 Å². The summed E-state index contributed by atoms with van der Waals surface area (Å²) in [6.07, 6.45) is 5.55. The Balaban J connectivity index is 0.00000175. The molecule has 0 atom stereocenters. The summed E-state index contributed by atoms with van der Waals surface area (Å²) in [6, 6.07) is 9.38. The number of carbonyl (C=O) groups is 3. The maximum absolute atomic E-state index is 14.3. The molecule has 0 saturated carbocycles. The first-order valence-corrected chi connectivity index (χ1v) is 17.2. The van der Waals surface area contributed by atoms with Gasteiger partial charge in [0.25, 0.3) is 18.3 Å². The van der Waals surface area contributed by atoms with Gasteiger partial charge in [0.05, 0.1) is 33.6 Å². The largest absolute Gasteiger partial charge is 0.493 e. The zero-order valence-corrected chi connectivity index (χ0v) is 30.8. The third kappa shape index (κ3) is 8.24. The molecule has 0 radical (unpaired) electrons. The lowest BCUT2D eigenvalue weighted by atomic mass is 10.1. The average molecular weight is 732 g/mol. The third-order valence-corrected chi connectivity index (χ3v) is 9.15. The minimum Gasteiger partial charge on any atom is -0.493 e. The van der Waals surface area contributed by atoms with Crippen LogP contribution in [0.15, 0.2) is 51.7 Å². The monoisotopic (exact) mass is 731 g/mol. The molecule has 0 aliphatic carbocycles. The minimum absolute atomic E-state index is 0.139. The molecule has 2 amide bonds. The van der Waals surface area contributed by atoms with Gasteiger partial charge in [0.1, 0.15) is 17.1 Å². The van der Waals surface area contributed by atoms with Crippen LogP contribution in [0.25, 0.3) is 22.4 Å². The average Bonchev–Trinajstić information content (AvgIpc) is 3.87. The number of methoxy groups -OCH3 is 3. The standard InChI is InChI=1S/C37H43N5O8.CH2O2/c1-23-27-11-13-29(46-5)34(47-6)33(27)49-32(23)37(44)42-16-8-7-15-41(36(43)31-24(2)39-50-25(31)3)17-9-21-48-30-22-26(10-12-28(30)45-4)35-38-14-18-40(35)19-20-42;2-1-3/h10-14,18,22H,7-9,15-17,19-21H2,1-6H3;1H,(H,2,3). The normalized spacial score (nSPS) is 13.9. The fourth-order valence-corrected chi connectivity index (χ4v) is 6.47. The molecule has 282 valence electrons. The van der Waals surface area contributed by atoms with E-state index in [0.717, 1.165) is 22.3 Å². The number of amides is 2. The number of nitrogens with zero attached hydrogens (tertiary/aromatic N) is 5. The number of furan rings is 1. The molecule has 0 unspecified atom stereocenters. The fraction of sp³-hybridized carbons (Fsp3) is 0.395. The van der Waals surface area contributed by atoms with Crippen molar-refractivity contribution in [3.63, 3.8) is 0 Å². The highest BCUT2D eigenvalue weighted by Gasteiger charge is 2.27. The quantitative estimate of drug-likeness (QED) is 0.216. The lowest BCUT2D eigenvalue weighted by Crippen LogP contribution is -2.36. The molecule has 15 heteroatoms. The summed E-state index contributed by atoms with van der Waals surface area (Å²) in [4.78, 5) is 44.7. The molecular weight excluding hydrogens is 686 g/mol. The summed E-state index contributed by atoms with van der Waals surface area (Å²) in [5, 5.41) is 11.7. The Labute approximate surface area is 307 Å². The fourth-order valence-electron chi connectivity index (χ4n) is 6.47. The maximum Gasteiger partial charge on any atom is 0.290 e. The van der Waals surface area contributed by atoms with E-state index >= 15 is 0 Å². The van der Waals surface area contributed by atoms with Gasteiger partial charge >= 0.3 is 0 Å². The number of rotatable bonds is 5. The molecule has 1 N–H and O–H groups in total. The number of benzene rings is 2. The molecule has 4 heterocycles. The molecule has 1 aliphatic heterocycles. The Morgan fingerprint density at radius 1 is 0.868 bits per heavy atom. The Hall–Kier alpha value is -5.99. The van der Waals surface area contributed by atoms with Crippen molar-refractivity contribution in [2.24, 2.45) is 0 Å². The number of fused-ring (bicyclic) bond motifs is 5. The number of aryl methyl sites for hydroxylation is 3. The van der Waals surface area contributed by atoms with Gasteiger partial charge in [0, 0.05) is 61.6 Å². The first-order chi connectivity index (χ1) is 25.7. The van der Waals surface area contributed by atoms with Crippen LogP contribution in [0, 0.1) is 20.8 Å². The topological polar surface area (TPSA) is 172 Å².